The highest BCUT2D eigenvalue weighted by molar-refractivity contribution is 5.64. The van der Waals surface area contributed by atoms with Gasteiger partial charge in [0.05, 0.1) is 24.4 Å². The van der Waals surface area contributed by atoms with Crippen LogP contribution in [0.15, 0.2) is 48.5 Å². The van der Waals surface area contributed by atoms with Crippen LogP contribution in [0, 0.1) is 5.92 Å². The highest BCUT2D eigenvalue weighted by Crippen LogP contribution is 2.39. The van der Waals surface area contributed by atoms with Crippen molar-refractivity contribution in [3.8, 4) is 16.9 Å². The van der Waals surface area contributed by atoms with Gasteiger partial charge in [-0.2, -0.15) is 13.2 Å². The third-order valence-corrected chi connectivity index (χ3v) is 5.00. The molecular formula is C20H19F3O2. The van der Waals surface area contributed by atoms with Gasteiger partial charge in [-0.3, -0.25) is 0 Å². The van der Waals surface area contributed by atoms with Gasteiger partial charge in [0, 0.05) is 0 Å². The van der Waals surface area contributed by atoms with Crippen LogP contribution in [0.3, 0.4) is 0 Å². The van der Waals surface area contributed by atoms with Crippen molar-refractivity contribution < 1.29 is 22.6 Å². The lowest BCUT2D eigenvalue weighted by molar-refractivity contribution is -0.137. The lowest BCUT2D eigenvalue weighted by Gasteiger charge is -2.19. The number of rotatable bonds is 4. The first kappa shape index (κ1) is 16.5. The Hall–Kier alpha value is -2.01. The Bertz CT molecular complexity index is 722. The van der Waals surface area contributed by atoms with Gasteiger partial charge >= 0.3 is 6.18 Å². The van der Waals surface area contributed by atoms with Crippen molar-refractivity contribution in [1.29, 1.82) is 0 Å². The zero-order chi connectivity index (χ0) is 17.4. The van der Waals surface area contributed by atoms with Crippen LogP contribution in [-0.2, 0) is 10.9 Å². The zero-order valence-corrected chi connectivity index (χ0v) is 13.6. The van der Waals surface area contributed by atoms with E-state index in [1.807, 2.05) is 24.3 Å². The van der Waals surface area contributed by atoms with E-state index in [1.165, 1.54) is 12.1 Å². The van der Waals surface area contributed by atoms with Crippen LogP contribution in [0.5, 0.6) is 5.75 Å². The largest absolute Gasteiger partial charge is 0.493 e. The Kier molecular flexibility index (Phi) is 4.20. The maximum absolute atomic E-state index is 12.6. The molecule has 3 atom stereocenters. The van der Waals surface area contributed by atoms with Crippen LogP contribution in [0.2, 0.25) is 0 Å². The Labute approximate surface area is 144 Å². The molecule has 1 saturated heterocycles. The van der Waals surface area contributed by atoms with E-state index in [1.54, 1.807) is 0 Å². The lowest BCUT2D eigenvalue weighted by atomic mass is 9.90. The van der Waals surface area contributed by atoms with Gasteiger partial charge in [-0.1, -0.05) is 24.3 Å². The quantitative estimate of drug-likeness (QED) is 0.698. The second kappa shape index (κ2) is 6.37. The molecular weight excluding hydrogens is 329 g/mol. The predicted molar refractivity (Wildman–Crippen MR) is 88.4 cm³/mol. The van der Waals surface area contributed by atoms with Gasteiger partial charge in [-0.15, -0.1) is 0 Å². The summed E-state index contributed by atoms with van der Waals surface area (Å²) in [4.78, 5) is 0. The zero-order valence-electron chi connectivity index (χ0n) is 13.6. The molecule has 2 aromatic carbocycles. The highest BCUT2D eigenvalue weighted by atomic mass is 19.4. The lowest BCUT2D eigenvalue weighted by Crippen LogP contribution is -2.19. The van der Waals surface area contributed by atoms with Crippen molar-refractivity contribution in [2.45, 2.75) is 37.6 Å². The number of halogens is 3. The smallest absolute Gasteiger partial charge is 0.416 e. The predicted octanol–water partition coefficient (Wildman–Crippen LogP) is 5.32. The molecule has 1 heterocycles. The minimum atomic E-state index is -4.30. The van der Waals surface area contributed by atoms with E-state index in [2.05, 4.69) is 0 Å². The summed E-state index contributed by atoms with van der Waals surface area (Å²) in [5.74, 6) is 1.33. The first-order valence-electron chi connectivity index (χ1n) is 8.55. The fourth-order valence-corrected chi connectivity index (χ4v) is 3.45. The van der Waals surface area contributed by atoms with Crippen molar-refractivity contribution in [3.05, 3.63) is 54.1 Å². The van der Waals surface area contributed by atoms with Gasteiger partial charge in [-0.05, 0) is 60.6 Å². The van der Waals surface area contributed by atoms with Crippen LogP contribution >= 0.6 is 0 Å². The molecule has 2 aliphatic rings. The maximum Gasteiger partial charge on any atom is 0.416 e. The van der Waals surface area contributed by atoms with Crippen LogP contribution < -0.4 is 4.74 Å². The highest BCUT2D eigenvalue weighted by Gasteiger charge is 2.43. The second-order valence-electron chi connectivity index (χ2n) is 6.80. The maximum atomic E-state index is 12.6. The van der Waals surface area contributed by atoms with Gasteiger partial charge in [0.25, 0.3) is 0 Å². The summed E-state index contributed by atoms with van der Waals surface area (Å²) in [6, 6.07) is 12.7. The molecule has 1 aliphatic heterocycles. The number of hydrogen-bond acceptors (Lipinski definition) is 2. The molecule has 1 saturated carbocycles. The molecule has 2 nitrogen and oxygen atoms in total. The van der Waals surface area contributed by atoms with Crippen LogP contribution in [0.1, 0.15) is 24.8 Å². The Balaban J connectivity index is 1.36. The van der Waals surface area contributed by atoms with E-state index in [4.69, 9.17) is 9.47 Å². The molecule has 0 aromatic heterocycles. The summed E-state index contributed by atoms with van der Waals surface area (Å²) < 4.78 is 49.2. The molecule has 0 bridgehead atoms. The second-order valence-corrected chi connectivity index (χ2v) is 6.80. The van der Waals surface area contributed by atoms with E-state index in [-0.39, 0.29) is 0 Å². The van der Waals surface area contributed by atoms with Crippen molar-refractivity contribution in [2.75, 3.05) is 6.61 Å². The number of ether oxygens (including phenoxy) is 2. The molecule has 0 radical (unpaired) electrons. The fraction of sp³-hybridized carbons (Fsp3) is 0.400. The molecule has 2 aromatic rings. The molecule has 5 heteroatoms. The number of benzene rings is 2. The number of fused-ring (bicyclic) bond motifs is 1. The SMILES string of the molecule is FC(F)(F)c1ccc(-c2ccc(OCC3CCC4OC4C3)cc2)cc1. The standard InChI is InChI=1S/C20H19F3O2/c21-20(22,23)16-6-2-14(3-7-16)15-4-8-17(9-5-15)24-12-13-1-10-18-19(11-13)25-18/h2-9,13,18-19H,1,10-12H2. The number of hydrogen-bond donors (Lipinski definition) is 0. The van der Waals surface area contributed by atoms with Crippen LogP contribution in [-0.4, -0.2) is 18.8 Å². The average molecular weight is 348 g/mol. The monoisotopic (exact) mass is 348 g/mol. The Morgan fingerprint density at radius 1 is 0.880 bits per heavy atom. The number of alkyl halides is 3. The first-order valence-corrected chi connectivity index (χ1v) is 8.55. The molecule has 25 heavy (non-hydrogen) atoms. The van der Waals surface area contributed by atoms with Gasteiger partial charge < -0.3 is 9.47 Å². The Morgan fingerprint density at radius 3 is 2.12 bits per heavy atom. The van der Waals surface area contributed by atoms with E-state index in [0.29, 0.717) is 24.7 Å². The topological polar surface area (TPSA) is 21.8 Å². The van der Waals surface area contributed by atoms with Gasteiger partial charge in [0.2, 0.25) is 0 Å². The average Bonchev–Trinajstić information content (AvgIpc) is 3.38. The minimum absolute atomic E-state index is 0.449. The van der Waals surface area contributed by atoms with Crippen LogP contribution in [0.4, 0.5) is 13.2 Å². The Morgan fingerprint density at radius 2 is 1.52 bits per heavy atom. The van der Waals surface area contributed by atoms with Gasteiger partial charge in [0.1, 0.15) is 5.75 Å². The first-order chi connectivity index (χ1) is 12.0. The fourth-order valence-electron chi connectivity index (χ4n) is 3.45. The van der Waals surface area contributed by atoms with E-state index in [9.17, 15) is 13.2 Å². The van der Waals surface area contributed by atoms with E-state index < -0.39 is 11.7 Å². The molecule has 3 unspecified atom stereocenters. The molecule has 4 rings (SSSR count). The van der Waals surface area contributed by atoms with Crippen LogP contribution in [0.25, 0.3) is 11.1 Å². The van der Waals surface area contributed by atoms with Gasteiger partial charge in [0.15, 0.2) is 0 Å². The van der Waals surface area contributed by atoms with Crippen molar-refractivity contribution >= 4 is 0 Å². The summed E-state index contributed by atoms with van der Waals surface area (Å²) in [7, 11) is 0. The number of epoxide rings is 1. The van der Waals surface area contributed by atoms with E-state index in [0.717, 1.165) is 48.3 Å². The summed E-state index contributed by atoms with van der Waals surface area (Å²) >= 11 is 0. The summed E-state index contributed by atoms with van der Waals surface area (Å²) in [5.41, 5.74) is 0.988. The van der Waals surface area contributed by atoms with Crippen molar-refractivity contribution in [1.82, 2.24) is 0 Å². The summed E-state index contributed by atoms with van der Waals surface area (Å²) in [6.45, 7) is 0.687. The normalized spacial score (nSPS) is 25.3. The molecule has 132 valence electrons. The van der Waals surface area contributed by atoms with Crippen molar-refractivity contribution in [3.63, 3.8) is 0 Å². The third kappa shape index (κ3) is 3.82. The minimum Gasteiger partial charge on any atom is -0.493 e. The molecule has 2 fully saturated rings. The van der Waals surface area contributed by atoms with Crippen molar-refractivity contribution in [2.24, 2.45) is 5.92 Å². The molecule has 0 N–H and O–H groups in total. The molecule has 1 aliphatic carbocycles. The molecule has 0 amide bonds. The third-order valence-electron chi connectivity index (χ3n) is 5.00. The van der Waals surface area contributed by atoms with Gasteiger partial charge in [-0.25, -0.2) is 0 Å². The summed E-state index contributed by atoms with van der Waals surface area (Å²) in [5, 5.41) is 0. The summed E-state index contributed by atoms with van der Waals surface area (Å²) in [6.07, 6.45) is -0.00501. The van der Waals surface area contributed by atoms with E-state index >= 15 is 0 Å². The molecule has 0 spiro atoms.